The topological polar surface area (TPSA) is 81.2 Å². The molecule has 0 saturated carbocycles. The number of nitrogens with one attached hydrogen (secondary N) is 1. The van der Waals surface area contributed by atoms with Crippen LogP contribution in [-0.4, -0.2) is 10.5 Å². The first kappa shape index (κ1) is 11.9. The molecular formula is C11H13N3O2. The largest absolute Gasteiger partial charge is 0.393 e. The Morgan fingerprint density at radius 3 is 2.62 bits per heavy atom. The fraction of sp³-hybridized carbons (Fsp3) is 0.273. The van der Waals surface area contributed by atoms with Crippen molar-refractivity contribution in [2.75, 3.05) is 11.1 Å². The third kappa shape index (κ3) is 2.64. The number of benzene rings is 1. The van der Waals surface area contributed by atoms with E-state index in [1.54, 1.807) is 6.07 Å². The molecule has 5 heteroatoms. The van der Waals surface area contributed by atoms with Crippen molar-refractivity contribution < 1.29 is 4.92 Å². The molecule has 0 atom stereocenters. The Hall–Kier alpha value is -2.22. The number of nitrogens with zero attached hydrogens (tertiary/aromatic N) is 1. The maximum Gasteiger partial charge on any atom is 0.292 e. The van der Waals surface area contributed by atoms with E-state index in [-0.39, 0.29) is 11.4 Å². The monoisotopic (exact) mass is 219 g/mol. The standard InChI is InChI=1S/C11H13N3O2/c1-4-11(2,3)13-8-5-6-10(14(15)16)9(12)7-8/h1,5-7,13H,12H2,2-3H3. The summed E-state index contributed by atoms with van der Waals surface area (Å²) in [5, 5.41) is 13.6. The second kappa shape index (κ2) is 4.11. The molecule has 0 heterocycles. The Morgan fingerprint density at radius 1 is 1.56 bits per heavy atom. The van der Waals surface area contributed by atoms with Crippen LogP contribution in [0.25, 0.3) is 0 Å². The maximum atomic E-state index is 10.5. The number of nitrogen functional groups attached to an aromatic ring is 1. The summed E-state index contributed by atoms with van der Waals surface area (Å²) >= 11 is 0. The Labute approximate surface area is 93.8 Å². The summed E-state index contributed by atoms with van der Waals surface area (Å²) in [6.07, 6.45) is 5.32. The Morgan fingerprint density at radius 2 is 2.19 bits per heavy atom. The zero-order valence-electron chi connectivity index (χ0n) is 9.15. The van der Waals surface area contributed by atoms with E-state index in [0.29, 0.717) is 5.69 Å². The zero-order valence-corrected chi connectivity index (χ0v) is 9.15. The molecule has 0 bridgehead atoms. The highest BCUT2D eigenvalue weighted by atomic mass is 16.6. The molecule has 0 radical (unpaired) electrons. The maximum absolute atomic E-state index is 10.5. The molecule has 1 aromatic rings. The highest BCUT2D eigenvalue weighted by Gasteiger charge is 2.16. The Balaban J connectivity index is 2.99. The molecular weight excluding hydrogens is 206 g/mol. The van der Waals surface area contributed by atoms with Gasteiger partial charge >= 0.3 is 0 Å². The van der Waals surface area contributed by atoms with Gasteiger partial charge in [-0.05, 0) is 26.0 Å². The van der Waals surface area contributed by atoms with Gasteiger partial charge in [-0.3, -0.25) is 10.1 Å². The molecule has 0 fully saturated rings. The van der Waals surface area contributed by atoms with Gasteiger partial charge in [-0.15, -0.1) is 6.42 Å². The second-order valence-corrected chi connectivity index (χ2v) is 3.93. The third-order valence-electron chi connectivity index (χ3n) is 2.04. The first-order chi connectivity index (χ1) is 7.35. The molecule has 0 aliphatic carbocycles. The summed E-state index contributed by atoms with van der Waals surface area (Å²) in [4.78, 5) is 10.0. The van der Waals surface area contributed by atoms with Crippen LogP contribution in [0.4, 0.5) is 17.1 Å². The van der Waals surface area contributed by atoms with E-state index in [1.807, 2.05) is 13.8 Å². The molecule has 0 saturated heterocycles. The summed E-state index contributed by atoms with van der Waals surface area (Å²) < 4.78 is 0. The van der Waals surface area contributed by atoms with E-state index in [0.717, 1.165) is 0 Å². The summed E-state index contributed by atoms with van der Waals surface area (Å²) in [5.41, 5.74) is 5.69. The fourth-order valence-electron chi connectivity index (χ4n) is 1.20. The minimum absolute atomic E-state index is 0.107. The van der Waals surface area contributed by atoms with Gasteiger partial charge in [-0.2, -0.15) is 0 Å². The average molecular weight is 219 g/mol. The van der Waals surface area contributed by atoms with Crippen molar-refractivity contribution in [3.8, 4) is 12.3 Å². The normalized spacial score (nSPS) is 10.6. The van der Waals surface area contributed by atoms with Gasteiger partial charge in [-0.1, -0.05) is 5.92 Å². The molecule has 0 unspecified atom stereocenters. The van der Waals surface area contributed by atoms with Crippen LogP contribution in [0.3, 0.4) is 0 Å². The highest BCUT2D eigenvalue weighted by Crippen LogP contribution is 2.26. The number of terminal acetylenes is 1. The number of rotatable bonds is 3. The molecule has 1 rings (SSSR count). The van der Waals surface area contributed by atoms with Crippen LogP contribution in [0.1, 0.15) is 13.8 Å². The fourth-order valence-corrected chi connectivity index (χ4v) is 1.20. The van der Waals surface area contributed by atoms with Crippen LogP contribution in [0.5, 0.6) is 0 Å². The number of anilines is 2. The van der Waals surface area contributed by atoms with Crippen molar-refractivity contribution in [2.45, 2.75) is 19.4 Å². The van der Waals surface area contributed by atoms with E-state index in [2.05, 4.69) is 11.2 Å². The minimum Gasteiger partial charge on any atom is -0.393 e. The lowest BCUT2D eigenvalue weighted by molar-refractivity contribution is -0.383. The van der Waals surface area contributed by atoms with Gasteiger partial charge in [0, 0.05) is 11.8 Å². The number of nitrogens with two attached hydrogens (primary N) is 1. The lowest BCUT2D eigenvalue weighted by atomic mass is 10.1. The van der Waals surface area contributed by atoms with Gasteiger partial charge in [0.05, 0.1) is 10.5 Å². The van der Waals surface area contributed by atoms with Crippen molar-refractivity contribution in [3.05, 3.63) is 28.3 Å². The predicted molar refractivity (Wildman–Crippen MR) is 64.0 cm³/mol. The summed E-state index contributed by atoms with van der Waals surface area (Å²) in [6.45, 7) is 3.65. The molecule has 0 aromatic heterocycles. The van der Waals surface area contributed by atoms with Crippen LogP contribution in [0, 0.1) is 22.5 Å². The third-order valence-corrected chi connectivity index (χ3v) is 2.04. The van der Waals surface area contributed by atoms with Gasteiger partial charge in [-0.25, -0.2) is 0 Å². The van der Waals surface area contributed by atoms with E-state index in [9.17, 15) is 10.1 Å². The molecule has 3 N–H and O–H groups in total. The van der Waals surface area contributed by atoms with Gasteiger partial charge in [0.15, 0.2) is 0 Å². The molecule has 1 aromatic carbocycles. The van der Waals surface area contributed by atoms with Crippen LogP contribution in [0.15, 0.2) is 18.2 Å². The van der Waals surface area contributed by atoms with E-state index in [4.69, 9.17) is 12.2 Å². The number of hydrogen-bond acceptors (Lipinski definition) is 4. The Bertz CT molecular complexity index is 461. The van der Waals surface area contributed by atoms with Crippen molar-refractivity contribution in [3.63, 3.8) is 0 Å². The van der Waals surface area contributed by atoms with E-state index < -0.39 is 10.5 Å². The number of nitro groups is 1. The smallest absolute Gasteiger partial charge is 0.292 e. The van der Waals surface area contributed by atoms with Gasteiger partial charge in [0.1, 0.15) is 5.69 Å². The average Bonchev–Trinajstić information content (AvgIpc) is 2.16. The lowest BCUT2D eigenvalue weighted by Crippen LogP contribution is -2.28. The van der Waals surface area contributed by atoms with Gasteiger partial charge in [0.25, 0.3) is 5.69 Å². The molecule has 0 aliphatic heterocycles. The molecule has 0 spiro atoms. The second-order valence-electron chi connectivity index (χ2n) is 3.93. The SMILES string of the molecule is C#CC(C)(C)Nc1ccc([N+](=O)[O-])c(N)c1. The first-order valence-corrected chi connectivity index (χ1v) is 4.65. The summed E-state index contributed by atoms with van der Waals surface area (Å²) in [6, 6.07) is 4.43. The van der Waals surface area contributed by atoms with Crippen molar-refractivity contribution in [1.29, 1.82) is 0 Å². The van der Waals surface area contributed by atoms with Crippen LogP contribution >= 0.6 is 0 Å². The van der Waals surface area contributed by atoms with Crippen LogP contribution in [-0.2, 0) is 0 Å². The molecule has 16 heavy (non-hydrogen) atoms. The molecule has 84 valence electrons. The van der Waals surface area contributed by atoms with Gasteiger partial charge in [0.2, 0.25) is 0 Å². The Kier molecular flexibility index (Phi) is 3.04. The summed E-state index contributed by atoms with van der Waals surface area (Å²) in [5.74, 6) is 2.56. The van der Waals surface area contributed by atoms with E-state index >= 15 is 0 Å². The van der Waals surface area contributed by atoms with Crippen molar-refractivity contribution >= 4 is 17.1 Å². The predicted octanol–water partition coefficient (Wildman–Crippen LogP) is 2.00. The zero-order chi connectivity index (χ0) is 12.3. The van der Waals surface area contributed by atoms with Gasteiger partial charge < -0.3 is 11.1 Å². The lowest BCUT2D eigenvalue weighted by Gasteiger charge is -2.21. The first-order valence-electron chi connectivity index (χ1n) is 4.65. The minimum atomic E-state index is -0.525. The molecule has 5 nitrogen and oxygen atoms in total. The highest BCUT2D eigenvalue weighted by molar-refractivity contribution is 5.66. The van der Waals surface area contributed by atoms with Crippen molar-refractivity contribution in [2.24, 2.45) is 0 Å². The van der Waals surface area contributed by atoms with Crippen LogP contribution < -0.4 is 11.1 Å². The molecule has 0 amide bonds. The number of hydrogen-bond donors (Lipinski definition) is 2. The van der Waals surface area contributed by atoms with Crippen LogP contribution in [0.2, 0.25) is 0 Å². The number of nitro benzene ring substituents is 1. The van der Waals surface area contributed by atoms with Crippen molar-refractivity contribution in [1.82, 2.24) is 0 Å². The summed E-state index contributed by atoms with van der Waals surface area (Å²) in [7, 11) is 0. The van der Waals surface area contributed by atoms with E-state index in [1.165, 1.54) is 12.1 Å². The quantitative estimate of drug-likeness (QED) is 0.352. The molecule has 0 aliphatic rings.